The van der Waals surface area contributed by atoms with E-state index in [0.717, 1.165) is 23.8 Å². The maximum Gasteiger partial charge on any atom is 0.119 e. The fraction of sp³-hybridized carbons (Fsp3) is 0.370. The Balaban J connectivity index is 0.00000259. The van der Waals surface area contributed by atoms with Gasteiger partial charge in [0.25, 0.3) is 0 Å². The number of fused-ring (bicyclic) bond motifs is 1. The predicted octanol–water partition coefficient (Wildman–Crippen LogP) is 7.57. The van der Waals surface area contributed by atoms with Crippen LogP contribution < -0.4 is 4.74 Å². The quantitative estimate of drug-likeness (QED) is 0.325. The molecule has 0 unspecified atom stereocenters. The second kappa shape index (κ2) is 11.0. The first-order valence-electron chi connectivity index (χ1n) is 11.4. The number of thiophene rings is 1. The molecule has 0 radical (unpaired) electrons. The van der Waals surface area contributed by atoms with Gasteiger partial charge in [-0.15, -0.1) is 22.4 Å². The summed E-state index contributed by atoms with van der Waals surface area (Å²) in [5.74, 6) is 8.05. The van der Waals surface area contributed by atoms with Crippen molar-refractivity contribution in [3.05, 3.63) is 64.5 Å². The number of hydrogen-bond acceptors (Lipinski definition) is 5. The van der Waals surface area contributed by atoms with Crippen LogP contribution in [0.2, 0.25) is 0 Å². The van der Waals surface area contributed by atoms with Crippen molar-refractivity contribution in [2.45, 2.75) is 57.5 Å². The Morgan fingerprint density at radius 3 is 2.67 bits per heavy atom. The highest BCUT2D eigenvalue weighted by atomic mass is 32.1. The Hall–Kier alpha value is -2.62. The van der Waals surface area contributed by atoms with Gasteiger partial charge in [-0.05, 0) is 82.6 Å². The van der Waals surface area contributed by atoms with Crippen molar-refractivity contribution in [1.29, 1.82) is 0 Å². The fourth-order valence-corrected chi connectivity index (χ4v) is 5.73. The molecule has 1 aromatic heterocycles. The lowest BCUT2D eigenvalue weighted by atomic mass is 9.94. The monoisotopic (exact) mass is 475 g/mol. The van der Waals surface area contributed by atoms with E-state index < -0.39 is 0 Å². The van der Waals surface area contributed by atoms with Crippen LogP contribution in [0, 0.1) is 11.8 Å². The third kappa shape index (κ3) is 5.48. The van der Waals surface area contributed by atoms with Crippen LogP contribution >= 0.6 is 24.8 Å². The van der Waals surface area contributed by atoms with Crippen LogP contribution in [0.25, 0.3) is 10.1 Å². The Morgan fingerprint density at radius 2 is 1.94 bits per heavy atom. The average Bonchev–Trinajstić information content (AvgIpc) is 3.59. The summed E-state index contributed by atoms with van der Waals surface area (Å²) < 4.78 is 7.51. The van der Waals surface area contributed by atoms with E-state index in [1.807, 2.05) is 30.4 Å². The zero-order chi connectivity index (χ0) is 21.8. The largest absolute Gasteiger partial charge is 0.489 e. The van der Waals surface area contributed by atoms with Crippen LogP contribution in [0.1, 0.15) is 67.6 Å². The van der Waals surface area contributed by atoms with Gasteiger partial charge >= 0.3 is 0 Å². The highest BCUT2D eigenvalue weighted by molar-refractivity contribution is 7.59. The first-order valence-corrected chi connectivity index (χ1v) is 12.3. The summed E-state index contributed by atoms with van der Waals surface area (Å²) in [6.07, 6.45) is 6.16. The van der Waals surface area contributed by atoms with Crippen molar-refractivity contribution in [3.63, 3.8) is 0 Å². The zero-order valence-electron chi connectivity index (χ0n) is 18.9. The van der Waals surface area contributed by atoms with Crippen molar-refractivity contribution in [2.24, 2.45) is 15.4 Å². The van der Waals surface area contributed by atoms with Crippen molar-refractivity contribution < 1.29 is 4.74 Å². The van der Waals surface area contributed by atoms with Gasteiger partial charge in [0.05, 0.1) is 11.6 Å². The van der Waals surface area contributed by atoms with Crippen molar-refractivity contribution in [2.75, 3.05) is 6.54 Å². The summed E-state index contributed by atoms with van der Waals surface area (Å²) in [7, 11) is 0. The van der Waals surface area contributed by atoms with Crippen LogP contribution in [0.4, 0.5) is 0 Å². The number of ether oxygens (including phenoxy) is 1. The molecule has 33 heavy (non-hydrogen) atoms. The van der Waals surface area contributed by atoms with Gasteiger partial charge in [0.1, 0.15) is 18.9 Å². The molecule has 1 fully saturated rings. The molecule has 1 atom stereocenters. The second-order valence-electron chi connectivity index (χ2n) is 8.57. The molecule has 1 saturated carbocycles. The van der Waals surface area contributed by atoms with E-state index in [-0.39, 0.29) is 19.4 Å². The SMILES string of the molecule is CC#C[C@@H](CC1=NN=NC1)c1ccc(OCc2ccc3scc(C4CCCC4)c3c2)cc1.S. The molecule has 3 aromatic rings. The van der Waals surface area contributed by atoms with E-state index in [4.69, 9.17) is 4.74 Å². The lowest BCUT2D eigenvalue weighted by Crippen LogP contribution is -2.07. The van der Waals surface area contributed by atoms with E-state index >= 15 is 0 Å². The molecule has 0 saturated heterocycles. The summed E-state index contributed by atoms with van der Waals surface area (Å²) in [5, 5.41) is 15.6. The first-order chi connectivity index (χ1) is 15.8. The summed E-state index contributed by atoms with van der Waals surface area (Å²) in [4.78, 5) is 0. The molecule has 0 bridgehead atoms. The molecule has 0 N–H and O–H groups in total. The van der Waals surface area contributed by atoms with E-state index in [1.165, 1.54) is 46.9 Å². The fourth-order valence-electron chi connectivity index (χ4n) is 4.71. The lowest BCUT2D eigenvalue weighted by molar-refractivity contribution is 0.306. The van der Waals surface area contributed by atoms with Crippen LogP contribution in [-0.4, -0.2) is 12.3 Å². The standard InChI is InChI=1S/C27H27N3OS.H2S/c1-2-5-22(15-23-16-28-30-29-23)20-9-11-24(12-10-20)31-17-19-8-13-27-25(14-19)26(18-32-27)21-6-3-4-7-21;/h8-14,18,21-22H,3-4,6-7,15-17H2,1H3;1H2/t22-;/m0./s1. The highest BCUT2D eigenvalue weighted by Crippen LogP contribution is 2.40. The van der Waals surface area contributed by atoms with Gasteiger partial charge in [0.2, 0.25) is 0 Å². The Morgan fingerprint density at radius 1 is 1.12 bits per heavy atom. The molecule has 0 spiro atoms. The molecule has 2 aromatic carbocycles. The van der Waals surface area contributed by atoms with E-state index in [1.54, 1.807) is 5.56 Å². The Labute approximate surface area is 206 Å². The first kappa shape index (κ1) is 23.5. The maximum absolute atomic E-state index is 6.12. The molecular formula is C27H29N3OS2. The maximum atomic E-state index is 6.12. The topological polar surface area (TPSA) is 46.3 Å². The smallest absolute Gasteiger partial charge is 0.119 e. The Bertz CT molecular complexity index is 1210. The minimum atomic E-state index is 0. The molecule has 5 rings (SSSR count). The lowest BCUT2D eigenvalue weighted by Gasteiger charge is -2.12. The third-order valence-electron chi connectivity index (χ3n) is 6.41. The summed E-state index contributed by atoms with van der Waals surface area (Å²) >= 11 is 1.87. The minimum Gasteiger partial charge on any atom is -0.489 e. The zero-order valence-corrected chi connectivity index (χ0v) is 20.7. The number of benzene rings is 2. The highest BCUT2D eigenvalue weighted by Gasteiger charge is 2.20. The van der Waals surface area contributed by atoms with Crippen LogP contribution in [-0.2, 0) is 6.61 Å². The van der Waals surface area contributed by atoms with Crippen molar-refractivity contribution in [3.8, 4) is 17.6 Å². The van der Waals surface area contributed by atoms with Gasteiger partial charge in [-0.1, -0.05) is 37.0 Å². The average molecular weight is 476 g/mol. The predicted molar refractivity (Wildman–Crippen MR) is 142 cm³/mol. The van der Waals surface area contributed by atoms with Crippen LogP contribution in [0.15, 0.2) is 63.3 Å². The normalized spacial score (nSPS) is 16.2. The molecule has 4 nitrogen and oxygen atoms in total. The summed E-state index contributed by atoms with van der Waals surface area (Å²) in [5.41, 5.74) is 4.92. The van der Waals surface area contributed by atoms with Crippen LogP contribution in [0.3, 0.4) is 0 Å². The second-order valence-corrected chi connectivity index (χ2v) is 9.48. The van der Waals surface area contributed by atoms with E-state index in [2.05, 4.69) is 63.0 Å². The van der Waals surface area contributed by atoms with Gasteiger partial charge in [0, 0.05) is 11.1 Å². The van der Waals surface area contributed by atoms with Gasteiger partial charge in [-0.2, -0.15) is 18.6 Å². The van der Waals surface area contributed by atoms with Gasteiger partial charge in [0.15, 0.2) is 0 Å². The number of rotatable bonds is 7. The third-order valence-corrected chi connectivity index (χ3v) is 7.39. The molecule has 2 heterocycles. The molecule has 6 heteroatoms. The molecule has 1 aliphatic carbocycles. The number of nitrogens with zero attached hydrogens (tertiary/aromatic N) is 3. The summed E-state index contributed by atoms with van der Waals surface area (Å²) in [6, 6.07) is 15.1. The molecule has 170 valence electrons. The van der Waals surface area contributed by atoms with Gasteiger partial charge in [-0.3, -0.25) is 0 Å². The summed E-state index contributed by atoms with van der Waals surface area (Å²) in [6.45, 7) is 3.03. The van der Waals surface area contributed by atoms with E-state index in [0.29, 0.717) is 13.2 Å². The molecular weight excluding hydrogens is 446 g/mol. The van der Waals surface area contributed by atoms with Crippen molar-refractivity contribution >= 4 is 40.6 Å². The van der Waals surface area contributed by atoms with Gasteiger partial charge in [-0.25, -0.2) is 0 Å². The molecule has 1 aliphatic heterocycles. The Kier molecular flexibility index (Phi) is 7.85. The van der Waals surface area contributed by atoms with Gasteiger partial charge < -0.3 is 4.74 Å². The van der Waals surface area contributed by atoms with Crippen molar-refractivity contribution in [1.82, 2.24) is 0 Å². The number of hydrogen-bond donors (Lipinski definition) is 0. The van der Waals surface area contributed by atoms with Crippen LogP contribution in [0.5, 0.6) is 5.75 Å². The molecule has 2 aliphatic rings. The molecule has 0 amide bonds. The van der Waals surface area contributed by atoms with E-state index in [9.17, 15) is 0 Å². The minimum absolute atomic E-state index is 0.